The Kier molecular flexibility index (Phi) is 4.69. The van der Waals surface area contributed by atoms with Gasteiger partial charge in [-0.25, -0.2) is 0 Å². The summed E-state index contributed by atoms with van der Waals surface area (Å²) in [7, 11) is 1.79. The molecule has 6 nitrogen and oxygen atoms in total. The van der Waals surface area contributed by atoms with Crippen molar-refractivity contribution in [3.8, 4) is 11.6 Å². The van der Waals surface area contributed by atoms with Crippen molar-refractivity contribution in [2.75, 3.05) is 13.6 Å². The molecule has 1 amide bonds. The zero-order valence-electron chi connectivity index (χ0n) is 16.2. The summed E-state index contributed by atoms with van der Waals surface area (Å²) in [5.74, 6) is 1.03. The molecule has 0 saturated heterocycles. The number of amides is 1. The van der Waals surface area contributed by atoms with Crippen LogP contribution in [0.5, 0.6) is 0 Å². The zero-order valence-corrected chi connectivity index (χ0v) is 16.2. The highest BCUT2D eigenvalue weighted by molar-refractivity contribution is 5.95. The van der Waals surface area contributed by atoms with Crippen LogP contribution < -0.4 is 0 Å². The number of nitrogens with one attached hydrogen (secondary N) is 1. The third kappa shape index (κ3) is 3.53. The number of nitrogens with zero attached hydrogens (tertiary/aromatic N) is 3. The van der Waals surface area contributed by atoms with E-state index < -0.39 is 0 Å². The zero-order chi connectivity index (χ0) is 19.7. The fraction of sp³-hybridized carbons (Fsp3) is 0.227. The lowest BCUT2D eigenvalue weighted by atomic mass is 10.1. The molecular weight excluding hydrogens is 352 g/mol. The van der Waals surface area contributed by atoms with Gasteiger partial charge in [0.2, 0.25) is 0 Å². The minimum Gasteiger partial charge on any atom is -0.351 e. The van der Waals surface area contributed by atoms with Gasteiger partial charge in [0.05, 0.1) is 0 Å². The molecule has 142 valence electrons. The minimum absolute atomic E-state index is 0.00666. The first-order valence-corrected chi connectivity index (χ1v) is 9.24. The van der Waals surface area contributed by atoms with Gasteiger partial charge in [-0.05, 0) is 43.7 Å². The molecule has 4 rings (SSSR count). The van der Waals surface area contributed by atoms with Gasteiger partial charge in [0, 0.05) is 36.5 Å². The van der Waals surface area contributed by atoms with Gasteiger partial charge in [0.1, 0.15) is 5.69 Å². The van der Waals surface area contributed by atoms with Gasteiger partial charge in [0.25, 0.3) is 11.8 Å². The number of H-pyrrole nitrogens is 1. The summed E-state index contributed by atoms with van der Waals surface area (Å²) in [6.07, 6.45) is 0.525. The van der Waals surface area contributed by atoms with Crippen molar-refractivity contribution in [1.29, 1.82) is 0 Å². The van der Waals surface area contributed by atoms with Crippen LogP contribution in [-0.2, 0) is 6.42 Å². The van der Waals surface area contributed by atoms with Crippen LogP contribution in [0.2, 0.25) is 0 Å². The second-order valence-electron chi connectivity index (χ2n) is 7.08. The molecule has 1 N–H and O–H groups in total. The molecule has 2 aromatic carbocycles. The van der Waals surface area contributed by atoms with E-state index in [1.54, 1.807) is 11.9 Å². The Bertz CT molecular complexity index is 1140. The lowest BCUT2D eigenvalue weighted by Crippen LogP contribution is -2.29. The number of carbonyl (C=O) groups excluding carboxylic acids is 1. The fourth-order valence-corrected chi connectivity index (χ4v) is 3.22. The fourth-order valence-electron chi connectivity index (χ4n) is 3.22. The summed E-state index contributed by atoms with van der Waals surface area (Å²) in [4.78, 5) is 22.1. The predicted octanol–water partition coefficient (Wildman–Crippen LogP) is 4.15. The van der Waals surface area contributed by atoms with Crippen LogP contribution >= 0.6 is 0 Å². The van der Waals surface area contributed by atoms with E-state index in [0.717, 1.165) is 22.2 Å². The smallest absolute Gasteiger partial charge is 0.274 e. The molecule has 0 aliphatic carbocycles. The van der Waals surface area contributed by atoms with Crippen molar-refractivity contribution in [3.05, 3.63) is 71.0 Å². The maximum atomic E-state index is 12.6. The summed E-state index contributed by atoms with van der Waals surface area (Å²) in [5.41, 5.74) is 4.71. The summed E-state index contributed by atoms with van der Waals surface area (Å²) < 4.78 is 5.41. The predicted molar refractivity (Wildman–Crippen MR) is 108 cm³/mol. The van der Waals surface area contributed by atoms with E-state index in [9.17, 15) is 4.79 Å². The number of carbonyl (C=O) groups is 1. The maximum absolute atomic E-state index is 12.6. The van der Waals surface area contributed by atoms with Crippen molar-refractivity contribution in [3.63, 3.8) is 0 Å². The van der Waals surface area contributed by atoms with Crippen LogP contribution in [-0.4, -0.2) is 39.5 Å². The molecule has 0 aliphatic heterocycles. The monoisotopic (exact) mass is 374 g/mol. The van der Waals surface area contributed by atoms with Crippen molar-refractivity contribution < 1.29 is 9.32 Å². The third-order valence-electron chi connectivity index (χ3n) is 4.87. The van der Waals surface area contributed by atoms with E-state index in [1.165, 1.54) is 5.56 Å². The second-order valence-corrected chi connectivity index (χ2v) is 7.08. The van der Waals surface area contributed by atoms with Gasteiger partial charge in [-0.2, -0.15) is 4.98 Å². The average molecular weight is 374 g/mol. The summed E-state index contributed by atoms with van der Waals surface area (Å²) in [5, 5.41) is 5.17. The normalized spacial score (nSPS) is 11.1. The van der Waals surface area contributed by atoms with Crippen molar-refractivity contribution >= 4 is 16.8 Å². The van der Waals surface area contributed by atoms with Crippen molar-refractivity contribution in [2.24, 2.45) is 0 Å². The Balaban J connectivity index is 1.44. The van der Waals surface area contributed by atoms with Crippen LogP contribution in [0.4, 0.5) is 0 Å². The number of rotatable bonds is 5. The Morgan fingerprint density at radius 1 is 1.14 bits per heavy atom. The molecule has 0 saturated carbocycles. The Morgan fingerprint density at radius 2 is 1.96 bits per heavy atom. The number of hydrogen-bond donors (Lipinski definition) is 1. The molecule has 0 unspecified atom stereocenters. The van der Waals surface area contributed by atoms with E-state index in [1.807, 2.05) is 43.3 Å². The first-order chi connectivity index (χ1) is 13.5. The molecule has 0 bridgehead atoms. The van der Waals surface area contributed by atoms with Gasteiger partial charge in [0.15, 0.2) is 5.82 Å². The van der Waals surface area contributed by atoms with Crippen LogP contribution in [0.25, 0.3) is 22.5 Å². The molecular formula is C22H22N4O2. The molecule has 0 atom stereocenters. The van der Waals surface area contributed by atoms with Gasteiger partial charge in [-0.1, -0.05) is 35.0 Å². The largest absolute Gasteiger partial charge is 0.351 e. The minimum atomic E-state index is -0.00666. The number of likely N-dealkylation sites (N-methyl/N-ethyl adjacent to an activating group) is 1. The van der Waals surface area contributed by atoms with E-state index in [0.29, 0.717) is 30.2 Å². The summed E-state index contributed by atoms with van der Waals surface area (Å²) >= 11 is 0. The van der Waals surface area contributed by atoms with Crippen molar-refractivity contribution in [1.82, 2.24) is 20.0 Å². The van der Waals surface area contributed by atoms with E-state index in [2.05, 4.69) is 34.2 Å². The molecule has 2 heterocycles. The van der Waals surface area contributed by atoms with Crippen molar-refractivity contribution in [2.45, 2.75) is 20.3 Å². The van der Waals surface area contributed by atoms with Crippen LogP contribution in [0, 0.1) is 13.8 Å². The molecule has 6 heteroatoms. The average Bonchev–Trinajstić information content (AvgIpc) is 3.32. The molecule has 0 aliphatic rings. The molecule has 28 heavy (non-hydrogen) atoms. The standard InChI is InChI=1S/C22H22N4O2/c1-14-8-9-18-16(12-14)13-19(23-18)21-24-20(25-28-21)10-11-26(3)22(27)17-7-5-4-6-15(17)2/h4-9,12-13,23H,10-11H2,1-3H3. The lowest BCUT2D eigenvalue weighted by Gasteiger charge is -2.17. The SMILES string of the molecule is Cc1ccc2[nH]c(-c3nc(CCN(C)C(=O)c4ccccc4C)no3)cc2c1. The molecule has 0 spiro atoms. The number of aryl methyl sites for hydroxylation is 2. The topological polar surface area (TPSA) is 75.0 Å². The van der Waals surface area contributed by atoms with E-state index in [4.69, 9.17) is 4.52 Å². The third-order valence-corrected chi connectivity index (χ3v) is 4.87. The van der Waals surface area contributed by atoms with Gasteiger partial charge in [-0.3, -0.25) is 4.79 Å². The highest BCUT2D eigenvalue weighted by Crippen LogP contribution is 2.23. The Hall–Kier alpha value is -3.41. The maximum Gasteiger partial charge on any atom is 0.274 e. The number of aromatic nitrogens is 3. The van der Waals surface area contributed by atoms with Gasteiger partial charge >= 0.3 is 0 Å². The Labute approximate surface area is 163 Å². The first-order valence-electron chi connectivity index (χ1n) is 9.24. The Morgan fingerprint density at radius 3 is 2.79 bits per heavy atom. The number of hydrogen-bond acceptors (Lipinski definition) is 4. The highest BCUT2D eigenvalue weighted by Gasteiger charge is 2.16. The molecule has 0 fully saturated rings. The lowest BCUT2D eigenvalue weighted by molar-refractivity contribution is 0.0795. The molecule has 0 radical (unpaired) electrons. The van der Waals surface area contributed by atoms with E-state index >= 15 is 0 Å². The van der Waals surface area contributed by atoms with Crippen LogP contribution in [0.15, 0.2) is 53.1 Å². The number of aromatic amines is 1. The highest BCUT2D eigenvalue weighted by atomic mass is 16.5. The number of benzene rings is 2. The van der Waals surface area contributed by atoms with Gasteiger partial charge in [-0.15, -0.1) is 0 Å². The first kappa shape index (κ1) is 18.0. The quantitative estimate of drug-likeness (QED) is 0.569. The second kappa shape index (κ2) is 7.31. The van der Waals surface area contributed by atoms with E-state index in [-0.39, 0.29) is 5.91 Å². The van der Waals surface area contributed by atoms with Crippen LogP contribution in [0.3, 0.4) is 0 Å². The van der Waals surface area contributed by atoms with Gasteiger partial charge < -0.3 is 14.4 Å². The summed E-state index contributed by atoms with van der Waals surface area (Å²) in [6, 6.07) is 15.8. The van der Waals surface area contributed by atoms with Crippen LogP contribution in [0.1, 0.15) is 27.3 Å². The summed E-state index contributed by atoms with van der Waals surface area (Å²) in [6.45, 7) is 4.51. The molecule has 2 aromatic heterocycles. The molecule has 4 aromatic rings. The number of fused-ring (bicyclic) bond motifs is 1.